The molecule has 0 aliphatic carbocycles. The summed E-state index contributed by atoms with van der Waals surface area (Å²) in [5.41, 5.74) is 5.78. The summed E-state index contributed by atoms with van der Waals surface area (Å²) in [7, 11) is 0. The second-order valence-electron chi connectivity index (χ2n) is 3.74. The van der Waals surface area contributed by atoms with Crippen molar-refractivity contribution >= 4 is 0 Å². The molecule has 4 heteroatoms. The fourth-order valence-corrected chi connectivity index (χ4v) is 1.34. The molecular formula is C13H15N3O. The lowest BCUT2D eigenvalue weighted by Gasteiger charge is -2.05. The number of benzene rings is 1. The summed E-state index contributed by atoms with van der Waals surface area (Å²) in [4.78, 5) is 13.7. The van der Waals surface area contributed by atoms with Crippen LogP contribution in [0.4, 0.5) is 0 Å². The Labute approximate surface area is 101 Å². The summed E-state index contributed by atoms with van der Waals surface area (Å²) < 4.78 is 0. The van der Waals surface area contributed by atoms with E-state index in [1.54, 1.807) is 12.4 Å². The molecule has 0 bridgehead atoms. The van der Waals surface area contributed by atoms with Crippen molar-refractivity contribution in [3.05, 3.63) is 59.7 Å². The highest BCUT2D eigenvalue weighted by molar-refractivity contribution is 5.13. The Balaban J connectivity index is 1.71. The minimum Gasteiger partial charge on any atom is -0.297 e. The van der Waals surface area contributed by atoms with E-state index in [1.165, 1.54) is 0 Å². The van der Waals surface area contributed by atoms with Crippen LogP contribution in [-0.4, -0.2) is 9.97 Å². The summed E-state index contributed by atoms with van der Waals surface area (Å²) >= 11 is 0. The first-order chi connectivity index (χ1) is 8.34. The third-order valence-corrected chi connectivity index (χ3v) is 2.27. The average Bonchev–Trinajstić information content (AvgIpc) is 2.38. The van der Waals surface area contributed by atoms with Crippen LogP contribution in [0.2, 0.25) is 0 Å². The number of aromatic nitrogens is 2. The van der Waals surface area contributed by atoms with Crippen LogP contribution < -0.4 is 5.48 Å². The van der Waals surface area contributed by atoms with Gasteiger partial charge in [0.25, 0.3) is 0 Å². The summed E-state index contributed by atoms with van der Waals surface area (Å²) in [6.45, 7) is 3.01. The second-order valence-corrected chi connectivity index (χ2v) is 3.74. The molecule has 0 fully saturated rings. The summed E-state index contributed by atoms with van der Waals surface area (Å²) in [6, 6.07) is 10.0. The molecule has 2 rings (SSSR count). The maximum atomic E-state index is 5.34. The molecule has 0 unspecified atom stereocenters. The van der Waals surface area contributed by atoms with Gasteiger partial charge in [-0.25, -0.2) is 0 Å². The molecule has 0 atom stereocenters. The third kappa shape index (κ3) is 3.94. The van der Waals surface area contributed by atoms with Gasteiger partial charge in [0.1, 0.15) is 0 Å². The van der Waals surface area contributed by atoms with Gasteiger partial charge in [0.2, 0.25) is 0 Å². The normalized spacial score (nSPS) is 10.4. The number of aryl methyl sites for hydroxylation is 1. The molecule has 1 aromatic carbocycles. The van der Waals surface area contributed by atoms with Crippen LogP contribution in [0.15, 0.2) is 42.7 Å². The van der Waals surface area contributed by atoms with Crippen molar-refractivity contribution in [3.8, 4) is 0 Å². The van der Waals surface area contributed by atoms with E-state index < -0.39 is 0 Å². The fraction of sp³-hybridized carbons (Fsp3) is 0.231. The Bertz CT molecular complexity index is 442. The van der Waals surface area contributed by atoms with Gasteiger partial charge >= 0.3 is 0 Å². The van der Waals surface area contributed by atoms with Crippen molar-refractivity contribution in [1.29, 1.82) is 0 Å². The van der Waals surface area contributed by atoms with Crippen LogP contribution in [0.25, 0.3) is 0 Å². The van der Waals surface area contributed by atoms with Crippen LogP contribution in [0.1, 0.15) is 17.0 Å². The predicted octanol–water partition coefficient (Wildman–Crippen LogP) is 2.01. The number of nitrogens with zero attached hydrogens (tertiary/aromatic N) is 2. The zero-order valence-electron chi connectivity index (χ0n) is 9.76. The standard InChI is InChI=1S/C13H15N3O/c1-11-7-15-13(8-14-11)9-16-17-10-12-5-3-2-4-6-12/h2-8,16H,9-10H2,1H3. The summed E-state index contributed by atoms with van der Waals surface area (Å²) in [5.74, 6) is 0. The minimum absolute atomic E-state index is 0.542. The first-order valence-corrected chi connectivity index (χ1v) is 5.51. The van der Waals surface area contributed by atoms with Crippen LogP contribution in [0, 0.1) is 6.92 Å². The Morgan fingerprint density at radius 2 is 1.94 bits per heavy atom. The van der Waals surface area contributed by atoms with Gasteiger partial charge in [-0.1, -0.05) is 30.3 Å². The fourth-order valence-electron chi connectivity index (χ4n) is 1.34. The molecule has 0 spiro atoms. The van der Waals surface area contributed by atoms with Crippen molar-refractivity contribution in [2.75, 3.05) is 0 Å². The highest BCUT2D eigenvalue weighted by atomic mass is 16.6. The summed E-state index contributed by atoms with van der Waals surface area (Å²) in [5, 5.41) is 0. The quantitative estimate of drug-likeness (QED) is 0.629. The minimum atomic E-state index is 0.542. The SMILES string of the molecule is Cc1cnc(CNOCc2ccccc2)cn1. The summed E-state index contributed by atoms with van der Waals surface area (Å²) in [6.07, 6.45) is 3.49. The van der Waals surface area contributed by atoms with Crippen molar-refractivity contribution in [1.82, 2.24) is 15.4 Å². The van der Waals surface area contributed by atoms with Crippen molar-refractivity contribution in [3.63, 3.8) is 0 Å². The zero-order valence-corrected chi connectivity index (χ0v) is 9.76. The Hall–Kier alpha value is -1.78. The predicted molar refractivity (Wildman–Crippen MR) is 64.8 cm³/mol. The Kier molecular flexibility index (Phi) is 4.18. The van der Waals surface area contributed by atoms with Gasteiger partial charge in [-0.15, -0.1) is 0 Å². The highest BCUT2D eigenvalue weighted by Crippen LogP contribution is 1.99. The van der Waals surface area contributed by atoms with Crippen molar-refractivity contribution < 1.29 is 4.84 Å². The monoisotopic (exact) mass is 229 g/mol. The topological polar surface area (TPSA) is 47.0 Å². The molecule has 0 aliphatic heterocycles. The Morgan fingerprint density at radius 1 is 1.12 bits per heavy atom. The van der Waals surface area contributed by atoms with Crippen LogP contribution in [0.5, 0.6) is 0 Å². The average molecular weight is 229 g/mol. The van der Waals surface area contributed by atoms with E-state index in [0.29, 0.717) is 13.2 Å². The van der Waals surface area contributed by atoms with E-state index in [9.17, 15) is 0 Å². The molecule has 0 saturated carbocycles. The lowest BCUT2D eigenvalue weighted by atomic mass is 10.2. The molecule has 0 amide bonds. The van der Waals surface area contributed by atoms with Gasteiger partial charge in [-0.3, -0.25) is 14.8 Å². The molecule has 0 radical (unpaired) electrons. The maximum Gasteiger partial charge on any atom is 0.0933 e. The molecule has 1 aromatic heterocycles. The van der Waals surface area contributed by atoms with Crippen molar-refractivity contribution in [2.45, 2.75) is 20.1 Å². The molecule has 1 N–H and O–H groups in total. The number of hydrogen-bond donors (Lipinski definition) is 1. The van der Waals surface area contributed by atoms with E-state index in [1.807, 2.05) is 37.3 Å². The Morgan fingerprint density at radius 3 is 2.65 bits per heavy atom. The number of hydroxylamine groups is 1. The van der Waals surface area contributed by atoms with E-state index in [4.69, 9.17) is 4.84 Å². The lowest BCUT2D eigenvalue weighted by molar-refractivity contribution is 0.0228. The van der Waals surface area contributed by atoms with Gasteiger partial charge < -0.3 is 0 Å². The molecular weight excluding hydrogens is 214 g/mol. The number of nitrogens with one attached hydrogen (secondary N) is 1. The third-order valence-electron chi connectivity index (χ3n) is 2.27. The van der Waals surface area contributed by atoms with E-state index in [0.717, 1.165) is 17.0 Å². The van der Waals surface area contributed by atoms with Gasteiger partial charge in [0.05, 0.1) is 30.7 Å². The lowest BCUT2D eigenvalue weighted by Crippen LogP contribution is -2.15. The smallest absolute Gasteiger partial charge is 0.0933 e. The van der Waals surface area contributed by atoms with E-state index in [2.05, 4.69) is 15.4 Å². The zero-order chi connectivity index (χ0) is 11.9. The molecule has 0 saturated heterocycles. The van der Waals surface area contributed by atoms with Crippen LogP contribution in [-0.2, 0) is 18.0 Å². The second kappa shape index (κ2) is 6.08. The maximum absolute atomic E-state index is 5.34. The molecule has 1 heterocycles. The van der Waals surface area contributed by atoms with E-state index >= 15 is 0 Å². The first kappa shape index (κ1) is 11.7. The van der Waals surface area contributed by atoms with E-state index in [-0.39, 0.29) is 0 Å². The molecule has 17 heavy (non-hydrogen) atoms. The number of hydrogen-bond acceptors (Lipinski definition) is 4. The molecule has 4 nitrogen and oxygen atoms in total. The largest absolute Gasteiger partial charge is 0.297 e. The number of rotatable bonds is 5. The van der Waals surface area contributed by atoms with Crippen LogP contribution in [0.3, 0.4) is 0 Å². The van der Waals surface area contributed by atoms with Crippen molar-refractivity contribution in [2.24, 2.45) is 0 Å². The molecule has 88 valence electrons. The van der Waals surface area contributed by atoms with Gasteiger partial charge in [0.15, 0.2) is 0 Å². The van der Waals surface area contributed by atoms with Crippen LogP contribution >= 0.6 is 0 Å². The molecule has 0 aliphatic rings. The van der Waals surface area contributed by atoms with Gasteiger partial charge in [0, 0.05) is 6.20 Å². The first-order valence-electron chi connectivity index (χ1n) is 5.51. The highest BCUT2D eigenvalue weighted by Gasteiger charge is 1.95. The van der Waals surface area contributed by atoms with Gasteiger partial charge in [-0.05, 0) is 12.5 Å². The van der Waals surface area contributed by atoms with Gasteiger partial charge in [-0.2, -0.15) is 5.48 Å². The molecule has 2 aromatic rings.